The summed E-state index contributed by atoms with van der Waals surface area (Å²) in [5.41, 5.74) is 0. The molecule has 0 aromatic heterocycles. The van der Waals surface area contributed by atoms with Crippen molar-refractivity contribution < 1.29 is 14.7 Å². The number of carbonyl (C=O) groups excluding carboxylic acids is 2. The number of carbonyl (C=O) groups is 2. The summed E-state index contributed by atoms with van der Waals surface area (Å²) < 4.78 is 0. The Labute approximate surface area is 79.1 Å². The largest absolute Gasteiger partial charge is 0.389 e. The number of aliphatic hydroxyl groups is 1. The third-order valence-electron chi connectivity index (χ3n) is 2.15. The van der Waals surface area contributed by atoms with Crippen LogP contribution in [0.15, 0.2) is 0 Å². The van der Waals surface area contributed by atoms with Gasteiger partial charge in [0.2, 0.25) is 0 Å². The maximum absolute atomic E-state index is 11.3. The molecule has 0 aliphatic carbocycles. The molecule has 1 atom stereocenters. The van der Waals surface area contributed by atoms with Gasteiger partial charge in [-0.25, -0.2) is 0 Å². The van der Waals surface area contributed by atoms with Crippen LogP contribution in [0.4, 0.5) is 0 Å². The topological polar surface area (TPSA) is 54.4 Å². The van der Waals surface area contributed by atoms with Gasteiger partial charge in [-0.2, -0.15) is 0 Å². The van der Waals surface area contributed by atoms with E-state index in [-0.39, 0.29) is 11.6 Å². The Morgan fingerprint density at radius 2 is 1.85 bits per heavy atom. The van der Waals surface area contributed by atoms with Gasteiger partial charge in [0.05, 0.1) is 5.92 Å². The van der Waals surface area contributed by atoms with Crippen molar-refractivity contribution in [3.63, 3.8) is 0 Å². The first-order chi connectivity index (χ1) is 6.13. The number of Topliss-reactive ketones (excluding diaryl/α,β-unsaturated/α-hetero) is 2. The summed E-state index contributed by atoms with van der Waals surface area (Å²) in [5, 5.41) is 8.52. The molecule has 0 aliphatic rings. The van der Waals surface area contributed by atoms with Crippen molar-refractivity contribution in [2.45, 2.75) is 39.5 Å². The second-order valence-electron chi connectivity index (χ2n) is 3.27. The van der Waals surface area contributed by atoms with Gasteiger partial charge in [-0.05, 0) is 13.3 Å². The predicted molar refractivity (Wildman–Crippen MR) is 50.4 cm³/mol. The van der Waals surface area contributed by atoms with Gasteiger partial charge in [-0.3, -0.25) is 9.59 Å². The molecule has 0 aliphatic heterocycles. The molecule has 1 N–H and O–H groups in total. The highest BCUT2D eigenvalue weighted by Crippen LogP contribution is 2.07. The number of hydrogen-bond donors (Lipinski definition) is 1. The van der Waals surface area contributed by atoms with Crippen LogP contribution in [0.5, 0.6) is 0 Å². The van der Waals surface area contributed by atoms with Gasteiger partial charge >= 0.3 is 0 Å². The van der Waals surface area contributed by atoms with Crippen LogP contribution in [0, 0.1) is 5.92 Å². The molecule has 0 amide bonds. The van der Waals surface area contributed by atoms with E-state index in [1.54, 1.807) is 6.92 Å². The van der Waals surface area contributed by atoms with E-state index in [1.807, 2.05) is 0 Å². The lowest BCUT2D eigenvalue weighted by molar-refractivity contribution is -0.133. The van der Waals surface area contributed by atoms with Crippen molar-refractivity contribution in [3.8, 4) is 0 Å². The highest BCUT2D eigenvalue weighted by molar-refractivity contribution is 6.02. The van der Waals surface area contributed by atoms with Crippen LogP contribution in [0.2, 0.25) is 0 Å². The van der Waals surface area contributed by atoms with E-state index in [2.05, 4.69) is 6.92 Å². The van der Waals surface area contributed by atoms with Crippen LogP contribution < -0.4 is 0 Å². The van der Waals surface area contributed by atoms with E-state index < -0.39 is 12.5 Å². The summed E-state index contributed by atoms with van der Waals surface area (Å²) in [6, 6.07) is 0. The van der Waals surface area contributed by atoms with Crippen molar-refractivity contribution in [3.05, 3.63) is 0 Å². The minimum absolute atomic E-state index is 0.0486. The third-order valence-corrected chi connectivity index (χ3v) is 2.15. The zero-order valence-electron chi connectivity index (χ0n) is 8.38. The van der Waals surface area contributed by atoms with Gasteiger partial charge in [0.1, 0.15) is 12.4 Å². The van der Waals surface area contributed by atoms with E-state index in [0.29, 0.717) is 6.42 Å². The zero-order chi connectivity index (χ0) is 10.3. The fourth-order valence-electron chi connectivity index (χ4n) is 1.08. The molecule has 0 saturated carbocycles. The Kier molecular flexibility index (Phi) is 6.41. The lowest BCUT2D eigenvalue weighted by atomic mass is 9.97. The highest BCUT2D eigenvalue weighted by atomic mass is 16.3. The fourth-order valence-corrected chi connectivity index (χ4v) is 1.08. The molecule has 0 saturated heterocycles. The molecule has 3 heteroatoms. The minimum Gasteiger partial charge on any atom is -0.389 e. The molecule has 0 aromatic carbocycles. The van der Waals surface area contributed by atoms with Crippen LogP contribution in [0.1, 0.15) is 39.5 Å². The van der Waals surface area contributed by atoms with Crippen molar-refractivity contribution in [1.82, 2.24) is 0 Å². The normalized spacial score (nSPS) is 12.5. The van der Waals surface area contributed by atoms with E-state index in [9.17, 15) is 9.59 Å². The standard InChI is InChI=1S/C10H18O3/c1-3-4-5-6-9(12)8(2)10(13)7-11/h8,11H,3-7H2,1-2H3. The summed E-state index contributed by atoms with van der Waals surface area (Å²) in [7, 11) is 0. The number of hydrogen-bond acceptors (Lipinski definition) is 3. The zero-order valence-corrected chi connectivity index (χ0v) is 8.38. The highest BCUT2D eigenvalue weighted by Gasteiger charge is 2.19. The first kappa shape index (κ1) is 12.3. The van der Waals surface area contributed by atoms with Crippen LogP contribution in [0.3, 0.4) is 0 Å². The van der Waals surface area contributed by atoms with Gasteiger partial charge in [0.25, 0.3) is 0 Å². The Bertz CT molecular complexity index is 175. The number of unbranched alkanes of at least 4 members (excludes halogenated alkanes) is 2. The van der Waals surface area contributed by atoms with Crippen LogP contribution in [-0.2, 0) is 9.59 Å². The minimum atomic E-state index is -0.623. The molecule has 0 rings (SSSR count). The van der Waals surface area contributed by atoms with Crippen LogP contribution in [-0.4, -0.2) is 23.3 Å². The second kappa shape index (κ2) is 6.78. The van der Waals surface area contributed by atoms with Gasteiger partial charge in [0, 0.05) is 6.42 Å². The number of rotatable bonds is 7. The van der Waals surface area contributed by atoms with Gasteiger partial charge in [-0.1, -0.05) is 19.8 Å². The van der Waals surface area contributed by atoms with Crippen molar-refractivity contribution in [1.29, 1.82) is 0 Å². The van der Waals surface area contributed by atoms with E-state index in [0.717, 1.165) is 19.3 Å². The SMILES string of the molecule is CCCCCC(=O)C(C)C(=O)CO. The Hall–Kier alpha value is -0.700. The average Bonchev–Trinajstić information content (AvgIpc) is 2.15. The molecule has 13 heavy (non-hydrogen) atoms. The smallest absolute Gasteiger partial charge is 0.168 e. The van der Waals surface area contributed by atoms with E-state index >= 15 is 0 Å². The number of ketones is 2. The Morgan fingerprint density at radius 3 is 2.31 bits per heavy atom. The molecule has 1 unspecified atom stereocenters. The molecule has 0 fully saturated rings. The van der Waals surface area contributed by atoms with Gasteiger partial charge in [0.15, 0.2) is 5.78 Å². The first-order valence-electron chi connectivity index (χ1n) is 4.79. The fraction of sp³-hybridized carbons (Fsp3) is 0.800. The molecule has 0 aromatic rings. The quantitative estimate of drug-likeness (QED) is 0.482. The molecule has 0 spiro atoms. The average molecular weight is 186 g/mol. The van der Waals surface area contributed by atoms with Crippen molar-refractivity contribution in [2.75, 3.05) is 6.61 Å². The summed E-state index contributed by atoms with van der Waals surface area (Å²) in [6.45, 7) is 3.10. The van der Waals surface area contributed by atoms with Crippen molar-refractivity contribution in [2.24, 2.45) is 5.92 Å². The lowest BCUT2D eigenvalue weighted by Crippen LogP contribution is -2.23. The molecular weight excluding hydrogens is 168 g/mol. The second-order valence-corrected chi connectivity index (χ2v) is 3.27. The summed E-state index contributed by atoms with van der Waals surface area (Å²) in [5.74, 6) is -1.05. The van der Waals surface area contributed by atoms with E-state index in [4.69, 9.17) is 5.11 Å². The van der Waals surface area contributed by atoms with Crippen LogP contribution in [0.25, 0.3) is 0 Å². The lowest BCUT2D eigenvalue weighted by Gasteiger charge is -2.06. The maximum Gasteiger partial charge on any atom is 0.168 e. The molecule has 76 valence electrons. The molecule has 0 heterocycles. The van der Waals surface area contributed by atoms with E-state index in [1.165, 1.54) is 0 Å². The maximum atomic E-state index is 11.3. The first-order valence-corrected chi connectivity index (χ1v) is 4.79. The summed E-state index contributed by atoms with van der Waals surface area (Å²) in [4.78, 5) is 22.2. The monoisotopic (exact) mass is 186 g/mol. The molecule has 0 radical (unpaired) electrons. The molecule has 0 bridgehead atoms. The third kappa shape index (κ3) is 4.78. The Morgan fingerprint density at radius 1 is 1.23 bits per heavy atom. The van der Waals surface area contributed by atoms with Crippen LogP contribution >= 0.6 is 0 Å². The summed E-state index contributed by atoms with van der Waals surface area (Å²) in [6.07, 6.45) is 3.39. The number of aliphatic hydroxyl groups excluding tert-OH is 1. The Balaban J connectivity index is 3.76. The van der Waals surface area contributed by atoms with Gasteiger partial charge in [-0.15, -0.1) is 0 Å². The molecule has 3 nitrogen and oxygen atoms in total. The predicted octanol–water partition coefficient (Wildman–Crippen LogP) is 1.33. The van der Waals surface area contributed by atoms with Gasteiger partial charge < -0.3 is 5.11 Å². The van der Waals surface area contributed by atoms with Crippen molar-refractivity contribution >= 4 is 11.6 Å². The molecular formula is C10H18O3. The summed E-state index contributed by atoms with van der Waals surface area (Å²) >= 11 is 0.